The molecule has 2 saturated carbocycles. The molecule has 12 heteroatoms. The number of anilines is 2. The molecule has 0 bridgehead atoms. The van der Waals surface area contributed by atoms with Crippen LogP contribution in [0.5, 0.6) is 0 Å². The molecule has 4 heterocycles. The number of imidazole rings is 1. The number of amides is 1. The van der Waals surface area contributed by atoms with Gasteiger partial charge in [-0.1, -0.05) is 11.6 Å². The summed E-state index contributed by atoms with van der Waals surface area (Å²) in [5, 5.41) is 6.84. The molecule has 6 rings (SSSR count). The van der Waals surface area contributed by atoms with Crippen LogP contribution >= 0.6 is 11.6 Å². The number of carbonyl (C=O) groups is 1. The van der Waals surface area contributed by atoms with E-state index in [0.717, 1.165) is 29.9 Å². The summed E-state index contributed by atoms with van der Waals surface area (Å²) in [7, 11) is -3.43. The van der Waals surface area contributed by atoms with Crippen molar-refractivity contribution in [1.29, 1.82) is 0 Å². The first kappa shape index (κ1) is 25.0. The Balaban J connectivity index is 1.12. The van der Waals surface area contributed by atoms with Crippen LogP contribution in [-0.4, -0.2) is 51.7 Å². The fourth-order valence-corrected chi connectivity index (χ4v) is 6.35. The number of aromatic nitrogens is 4. The number of hydrogen-bond acceptors (Lipinski definition) is 8. The van der Waals surface area contributed by atoms with Crippen molar-refractivity contribution < 1.29 is 13.2 Å². The third kappa shape index (κ3) is 5.04. The quantitative estimate of drug-likeness (QED) is 0.432. The predicted molar refractivity (Wildman–Crippen MR) is 145 cm³/mol. The Labute approximate surface area is 225 Å². The molecular weight excluding hydrogens is 526 g/mol. The van der Waals surface area contributed by atoms with Crippen LogP contribution in [0.2, 0.25) is 0 Å². The SMILES string of the molecule is CC1([C@H]2C[C@@H]2C(=O)Nc2cc(NCc3cn4cc(C5CC5)cc(S(C)(=O)=O)c4n3)ncn2)CC(Cl)=CC=N1. The summed E-state index contributed by atoms with van der Waals surface area (Å²) in [5.74, 6) is 1.22. The maximum absolute atomic E-state index is 12.9. The van der Waals surface area contributed by atoms with Crippen molar-refractivity contribution in [2.45, 2.75) is 55.5 Å². The lowest BCUT2D eigenvalue weighted by atomic mass is 9.89. The van der Waals surface area contributed by atoms with Gasteiger partial charge in [-0.25, -0.2) is 23.4 Å². The number of dihydropyridines is 1. The van der Waals surface area contributed by atoms with Crippen molar-refractivity contribution >= 4 is 50.8 Å². The zero-order chi connectivity index (χ0) is 26.7. The Morgan fingerprint density at radius 2 is 2.00 bits per heavy atom. The van der Waals surface area contributed by atoms with Crippen molar-refractivity contribution in [2.24, 2.45) is 16.8 Å². The molecule has 10 nitrogen and oxygen atoms in total. The van der Waals surface area contributed by atoms with Gasteiger partial charge < -0.3 is 15.0 Å². The maximum atomic E-state index is 12.9. The number of fused-ring (bicyclic) bond motifs is 1. The highest BCUT2D eigenvalue weighted by Crippen LogP contribution is 2.52. The molecule has 2 fully saturated rings. The molecule has 0 saturated heterocycles. The molecule has 0 spiro atoms. The summed E-state index contributed by atoms with van der Waals surface area (Å²) in [6, 6.07) is 3.42. The van der Waals surface area contributed by atoms with Crippen LogP contribution in [0.25, 0.3) is 5.65 Å². The van der Waals surface area contributed by atoms with E-state index in [1.54, 1.807) is 28.8 Å². The summed E-state index contributed by atoms with van der Waals surface area (Å²) in [4.78, 5) is 30.7. The van der Waals surface area contributed by atoms with E-state index in [9.17, 15) is 13.2 Å². The topological polar surface area (TPSA) is 131 Å². The lowest BCUT2D eigenvalue weighted by Crippen LogP contribution is -2.30. The van der Waals surface area contributed by atoms with Gasteiger partial charge in [-0.05, 0) is 55.7 Å². The van der Waals surface area contributed by atoms with Crippen LogP contribution in [0.1, 0.15) is 49.8 Å². The van der Waals surface area contributed by atoms with E-state index in [4.69, 9.17) is 11.6 Å². The minimum absolute atomic E-state index is 0.0955. The second-order valence-corrected chi connectivity index (χ2v) is 13.1. The van der Waals surface area contributed by atoms with E-state index < -0.39 is 9.84 Å². The van der Waals surface area contributed by atoms with Crippen molar-refractivity contribution in [2.75, 3.05) is 16.9 Å². The van der Waals surface area contributed by atoms with Gasteiger partial charge in [-0.3, -0.25) is 9.79 Å². The number of hydrogen-bond donors (Lipinski definition) is 2. The average molecular weight is 554 g/mol. The molecular formula is C26H28ClN7O3S. The molecule has 1 aliphatic heterocycles. The largest absolute Gasteiger partial charge is 0.364 e. The van der Waals surface area contributed by atoms with E-state index in [-0.39, 0.29) is 28.2 Å². The normalized spacial score (nSPS) is 24.8. The molecule has 2 aliphatic carbocycles. The molecule has 0 aromatic carbocycles. The zero-order valence-corrected chi connectivity index (χ0v) is 22.6. The number of pyridine rings is 1. The smallest absolute Gasteiger partial charge is 0.229 e. The van der Waals surface area contributed by atoms with Crippen LogP contribution < -0.4 is 10.6 Å². The molecule has 1 amide bonds. The Morgan fingerprint density at radius 3 is 2.74 bits per heavy atom. The number of halogens is 1. The third-order valence-electron chi connectivity index (χ3n) is 7.48. The molecule has 3 aromatic rings. The van der Waals surface area contributed by atoms with Gasteiger partial charge in [0.05, 0.1) is 17.8 Å². The van der Waals surface area contributed by atoms with Gasteiger partial charge in [0, 0.05) is 48.3 Å². The van der Waals surface area contributed by atoms with Gasteiger partial charge in [-0.2, -0.15) is 0 Å². The fourth-order valence-electron chi connectivity index (χ4n) is 5.19. The highest BCUT2D eigenvalue weighted by Gasteiger charge is 2.54. The molecule has 3 aromatic heterocycles. The first-order valence-electron chi connectivity index (χ1n) is 12.6. The van der Waals surface area contributed by atoms with E-state index in [1.165, 1.54) is 12.6 Å². The number of allylic oxidation sites excluding steroid dienone is 1. The van der Waals surface area contributed by atoms with Gasteiger partial charge in [0.1, 0.15) is 22.9 Å². The molecule has 38 heavy (non-hydrogen) atoms. The number of sulfone groups is 1. The van der Waals surface area contributed by atoms with Gasteiger partial charge >= 0.3 is 0 Å². The summed E-state index contributed by atoms with van der Waals surface area (Å²) >= 11 is 6.21. The number of nitrogens with one attached hydrogen (secondary N) is 2. The van der Waals surface area contributed by atoms with Gasteiger partial charge in [0.2, 0.25) is 5.91 Å². The fraction of sp³-hybridized carbons (Fsp3) is 0.423. The molecule has 1 unspecified atom stereocenters. The number of nitrogens with zero attached hydrogens (tertiary/aromatic N) is 5. The van der Waals surface area contributed by atoms with E-state index >= 15 is 0 Å². The van der Waals surface area contributed by atoms with Gasteiger partial charge in [-0.15, -0.1) is 0 Å². The van der Waals surface area contributed by atoms with Gasteiger partial charge in [0.15, 0.2) is 15.5 Å². The van der Waals surface area contributed by atoms with Crippen LogP contribution in [0, 0.1) is 11.8 Å². The van der Waals surface area contributed by atoms with Crippen LogP contribution in [0.4, 0.5) is 11.6 Å². The molecule has 198 valence electrons. The highest BCUT2D eigenvalue weighted by molar-refractivity contribution is 7.91. The van der Waals surface area contributed by atoms with Crippen molar-refractivity contribution in [1.82, 2.24) is 19.4 Å². The lowest BCUT2D eigenvalue weighted by Gasteiger charge is -2.27. The number of aliphatic imine (C=N–C) groups is 1. The highest BCUT2D eigenvalue weighted by atomic mass is 35.5. The van der Waals surface area contributed by atoms with Crippen molar-refractivity contribution in [3.8, 4) is 0 Å². The van der Waals surface area contributed by atoms with E-state index in [0.29, 0.717) is 41.9 Å². The monoisotopic (exact) mass is 553 g/mol. The Hall–Kier alpha value is -3.31. The average Bonchev–Trinajstić information content (AvgIpc) is 3.77. The molecule has 3 atom stereocenters. The Morgan fingerprint density at radius 1 is 1.21 bits per heavy atom. The second kappa shape index (κ2) is 9.16. The number of rotatable bonds is 8. The van der Waals surface area contributed by atoms with Crippen LogP contribution in [0.15, 0.2) is 51.8 Å². The second-order valence-electron chi connectivity index (χ2n) is 10.7. The summed E-state index contributed by atoms with van der Waals surface area (Å²) in [5.41, 5.74) is 1.74. The van der Waals surface area contributed by atoms with Crippen LogP contribution in [-0.2, 0) is 21.2 Å². The number of carbonyl (C=O) groups excluding carboxylic acids is 1. The predicted octanol–water partition coefficient (Wildman–Crippen LogP) is 3.95. The Kier molecular flexibility index (Phi) is 6.03. The van der Waals surface area contributed by atoms with E-state index in [1.807, 2.05) is 19.3 Å². The maximum Gasteiger partial charge on any atom is 0.229 e. The molecule has 0 radical (unpaired) electrons. The van der Waals surface area contributed by atoms with Crippen LogP contribution in [0.3, 0.4) is 0 Å². The summed E-state index contributed by atoms with van der Waals surface area (Å²) in [6.07, 6.45) is 13.4. The van der Waals surface area contributed by atoms with Crippen molar-refractivity contribution in [3.63, 3.8) is 0 Å². The minimum atomic E-state index is -3.43. The molecule has 2 N–H and O–H groups in total. The standard InChI is InChI=1S/C26H28ClN7O3S/c1-26(10-17(27)5-6-31-26)20-8-19(20)25(35)33-23-9-22(29-14-30-23)28-11-18-13-34-12-16(15-3-4-15)7-21(24(34)32-18)38(2,36)37/h5-7,9,12-15,19-20H,3-4,8,10-11H2,1-2H3,(H2,28,29,30,33,35)/t19-,20-,26?/m0/s1. The minimum Gasteiger partial charge on any atom is -0.364 e. The Bertz CT molecular complexity index is 1610. The molecule has 3 aliphatic rings. The van der Waals surface area contributed by atoms with Gasteiger partial charge in [0.25, 0.3) is 0 Å². The summed E-state index contributed by atoms with van der Waals surface area (Å²) in [6.45, 7) is 2.36. The van der Waals surface area contributed by atoms with Crippen molar-refractivity contribution in [3.05, 3.63) is 53.2 Å². The zero-order valence-electron chi connectivity index (χ0n) is 21.1. The summed E-state index contributed by atoms with van der Waals surface area (Å²) < 4.78 is 26.6. The van der Waals surface area contributed by atoms with E-state index in [2.05, 4.69) is 30.6 Å². The third-order valence-corrected chi connectivity index (χ3v) is 8.84. The first-order valence-corrected chi connectivity index (χ1v) is 14.8. The lowest BCUT2D eigenvalue weighted by molar-refractivity contribution is -0.117. The first-order chi connectivity index (χ1) is 18.1.